The lowest BCUT2D eigenvalue weighted by Crippen LogP contribution is -2.41. The van der Waals surface area contributed by atoms with E-state index in [1.54, 1.807) is 54.6 Å². The number of carboxylic acids is 1. The number of carboxylic acid groups (broad SMARTS) is 1. The molecule has 0 heterocycles. The first-order valence-electron chi connectivity index (χ1n) is 9.63. The van der Waals surface area contributed by atoms with E-state index in [1.165, 1.54) is 0 Å². The van der Waals surface area contributed by atoms with Crippen molar-refractivity contribution in [3.63, 3.8) is 0 Å². The highest BCUT2D eigenvalue weighted by Gasteiger charge is 2.25. The van der Waals surface area contributed by atoms with Crippen LogP contribution in [-0.4, -0.2) is 42.5 Å². The lowest BCUT2D eigenvalue weighted by atomic mass is 10.2. The van der Waals surface area contributed by atoms with E-state index in [0.29, 0.717) is 35.2 Å². The van der Waals surface area contributed by atoms with E-state index >= 15 is 0 Å². The molecular formula is C23H23BrClN3O4. The zero-order valence-electron chi connectivity index (χ0n) is 17.3. The SMILES string of the molecule is C=CCN(CC=C)c1ccc(Cl)cc1NC(=O)C(=O)N(CCC(=O)O)c1ccc(Br)cc1. The van der Waals surface area contributed by atoms with Crippen LogP contribution in [0.1, 0.15) is 6.42 Å². The van der Waals surface area contributed by atoms with Crippen molar-refractivity contribution in [2.24, 2.45) is 0 Å². The van der Waals surface area contributed by atoms with Crippen LogP contribution in [0.4, 0.5) is 17.1 Å². The highest BCUT2D eigenvalue weighted by atomic mass is 79.9. The summed E-state index contributed by atoms with van der Waals surface area (Å²) in [5.74, 6) is -2.89. The van der Waals surface area contributed by atoms with Crippen LogP contribution >= 0.6 is 27.5 Å². The normalized spacial score (nSPS) is 10.2. The molecule has 0 atom stereocenters. The van der Waals surface area contributed by atoms with Crippen molar-refractivity contribution in [2.45, 2.75) is 6.42 Å². The number of rotatable bonds is 10. The molecule has 9 heteroatoms. The van der Waals surface area contributed by atoms with Crippen molar-refractivity contribution >= 4 is 62.4 Å². The standard InChI is InChI=1S/C23H23BrClN3O4/c1-3-12-27(13-4-2)20-10-7-17(25)15-19(20)26-22(31)23(32)28(14-11-21(29)30)18-8-5-16(24)6-9-18/h3-10,15H,1-2,11-14H2,(H,26,31)(H,29,30). The number of hydrogen-bond donors (Lipinski definition) is 2. The summed E-state index contributed by atoms with van der Waals surface area (Å²) in [5, 5.41) is 12.1. The van der Waals surface area contributed by atoms with Crippen molar-refractivity contribution < 1.29 is 19.5 Å². The van der Waals surface area contributed by atoms with Crippen LogP contribution in [0.2, 0.25) is 5.02 Å². The summed E-state index contributed by atoms with van der Waals surface area (Å²) < 4.78 is 0.782. The lowest BCUT2D eigenvalue weighted by molar-refractivity contribution is -0.137. The van der Waals surface area contributed by atoms with Crippen LogP contribution < -0.4 is 15.1 Å². The number of amides is 2. The fraction of sp³-hybridized carbons (Fsp3) is 0.174. The molecule has 0 saturated heterocycles. The molecule has 2 aromatic carbocycles. The highest BCUT2D eigenvalue weighted by Crippen LogP contribution is 2.30. The molecule has 2 rings (SSSR count). The van der Waals surface area contributed by atoms with Gasteiger partial charge in [-0.2, -0.15) is 0 Å². The second-order valence-electron chi connectivity index (χ2n) is 6.67. The predicted molar refractivity (Wildman–Crippen MR) is 131 cm³/mol. The van der Waals surface area contributed by atoms with Crippen molar-refractivity contribution in [1.29, 1.82) is 0 Å². The minimum atomic E-state index is -1.08. The Morgan fingerprint density at radius 1 is 1.06 bits per heavy atom. The van der Waals surface area contributed by atoms with Gasteiger partial charge in [0, 0.05) is 34.8 Å². The Kier molecular flexibility index (Phi) is 9.49. The van der Waals surface area contributed by atoms with E-state index in [9.17, 15) is 14.4 Å². The molecule has 0 aromatic heterocycles. The maximum Gasteiger partial charge on any atom is 0.316 e. The molecule has 0 aliphatic heterocycles. The van der Waals surface area contributed by atoms with Gasteiger partial charge in [0.05, 0.1) is 17.8 Å². The largest absolute Gasteiger partial charge is 0.481 e. The third kappa shape index (κ3) is 6.96. The van der Waals surface area contributed by atoms with E-state index in [2.05, 4.69) is 34.4 Å². The van der Waals surface area contributed by atoms with Crippen LogP contribution in [0.3, 0.4) is 0 Å². The summed E-state index contributed by atoms with van der Waals surface area (Å²) >= 11 is 9.43. The minimum Gasteiger partial charge on any atom is -0.481 e. The Balaban J connectivity index is 2.34. The fourth-order valence-electron chi connectivity index (χ4n) is 2.94. The molecule has 7 nitrogen and oxygen atoms in total. The molecule has 2 amide bonds. The molecule has 168 valence electrons. The molecule has 0 aliphatic carbocycles. The maximum absolute atomic E-state index is 13.0. The third-order valence-corrected chi connectivity index (χ3v) is 5.14. The van der Waals surface area contributed by atoms with Gasteiger partial charge in [0.25, 0.3) is 0 Å². The number of nitrogens with zero attached hydrogens (tertiary/aromatic N) is 2. The van der Waals surface area contributed by atoms with Crippen LogP contribution in [0.25, 0.3) is 0 Å². The van der Waals surface area contributed by atoms with E-state index in [4.69, 9.17) is 16.7 Å². The average Bonchev–Trinajstić information content (AvgIpc) is 2.75. The first-order chi connectivity index (χ1) is 15.3. The number of carbonyl (C=O) groups is 3. The molecule has 0 fully saturated rings. The number of halogens is 2. The van der Waals surface area contributed by atoms with Gasteiger partial charge in [-0.05, 0) is 42.5 Å². The number of benzene rings is 2. The topological polar surface area (TPSA) is 90.0 Å². The van der Waals surface area contributed by atoms with Gasteiger partial charge in [-0.3, -0.25) is 14.4 Å². The van der Waals surface area contributed by atoms with E-state index in [0.717, 1.165) is 9.37 Å². The predicted octanol–water partition coefficient (Wildman–Crippen LogP) is 4.73. The molecule has 2 N–H and O–H groups in total. The van der Waals surface area contributed by atoms with Crippen LogP contribution in [0.15, 0.2) is 72.2 Å². The van der Waals surface area contributed by atoms with Crippen molar-refractivity contribution in [1.82, 2.24) is 0 Å². The number of anilines is 3. The zero-order valence-corrected chi connectivity index (χ0v) is 19.6. The van der Waals surface area contributed by atoms with Gasteiger partial charge in [-0.1, -0.05) is 39.7 Å². The molecule has 0 aliphatic rings. The van der Waals surface area contributed by atoms with E-state index in [-0.39, 0.29) is 13.0 Å². The first-order valence-corrected chi connectivity index (χ1v) is 10.8. The summed E-state index contributed by atoms with van der Waals surface area (Å²) in [6.45, 7) is 8.28. The molecule has 2 aromatic rings. The van der Waals surface area contributed by atoms with Gasteiger partial charge >= 0.3 is 17.8 Å². The van der Waals surface area contributed by atoms with Crippen molar-refractivity contribution in [3.8, 4) is 0 Å². The van der Waals surface area contributed by atoms with Crippen molar-refractivity contribution in [3.05, 3.63) is 77.3 Å². The van der Waals surface area contributed by atoms with Crippen molar-refractivity contribution in [2.75, 3.05) is 34.8 Å². The molecular weight excluding hydrogens is 498 g/mol. The van der Waals surface area contributed by atoms with Gasteiger partial charge in [-0.15, -0.1) is 13.2 Å². The Labute approximate surface area is 200 Å². The fourth-order valence-corrected chi connectivity index (χ4v) is 3.38. The van der Waals surface area contributed by atoms with Crippen LogP contribution in [0, 0.1) is 0 Å². The first kappa shape index (κ1) is 25.2. The Morgan fingerprint density at radius 3 is 2.25 bits per heavy atom. The van der Waals surface area contributed by atoms with Gasteiger partial charge in [0.1, 0.15) is 0 Å². The maximum atomic E-state index is 13.0. The van der Waals surface area contributed by atoms with E-state index < -0.39 is 17.8 Å². The van der Waals surface area contributed by atoms with E-state index in [1.807, 2.05) is 4.90 Å². The Hall–Kier alpha value is -3.10. The highest BCUT2D eigenvalue weighted by molar-refractivity contribution is 9.10. The third-order valence-electron chi connectivity index (χ3n) is 4.37. The van der Waals surface area contributed by atoms with Gasteiger partial charge in [0.2, 0.25) is 0 Å². The molecule has 0 saturated carbocycles. The number of nitrogens with one attached hydrogen (secondary N) is 1. The molecule has 0 spiro atoms. The summed E-state index contributed by atoms with van der Waals surface area (Å²) in [6, 6.07) is 11.6. The van der Waals surface area contributed by atoms with Gasteiger partial charge in [0.15, 0.2) is 0 Å². The molecule has 0 radical (unpaired) electrons. The van der Waals surface area contributed by atoms with Gasteiger partial charge in [-0.25, -0.2) is 0 Å². The lowest BCUT2D eigenvalue weighted by Gasteiger charge is -2.26. The molecule has 0 bridgehead atoms. The minimum absolute atomic E-state index is 0.162. The Bertz CT molecular complexity index is 1000. The number of hydrogen-bond acceptors (Lipinski definition) is 4. The zero-order chi connectivity index (χ0) is 23.7. The quantitative estimate of drug-likeness (QED) is 0.349. The number of carbonyl (C=O) groups excluding carboxylic acids is 2. The summed E-state index contributed by atoms with van der Waals surface area (Å²) in [4.78, 5) is 40.0. The monoisotopic (exact) mass is 519 g/mol. The smallest absolute Gasteiger partial charge is 0.316 e. The number of aliphatic carboxylic acids is 1. The second kappa shape index (κ2) is 12.1. The summed E-state index contributed by atoms with van der Waals surface area (Å²) in [5.41, 5.74) is 1.38. The Morgan fingerprint density at radius 2 is 1.69 bits per heavy atom. The van der Waals surface area contributed by atoms with Crippen LogP contribution in [-0.2, 0) is 14.4 Å². The average molecular weight is 521 g/mol. The second-order valence-corrected chi connectivity index (χ2v) is 8.03. The summed E-state index contributed by atoms with van der Waals surface area (Å²) in [6.07, 6.45) is 3.09. The summed E-state index contributed by atoms with van der Waals surface area (Å²) in [7, 11) is 0. The van der Waals surface area contributed by atoms with Gasteiger partial charge < -0.3 is 20.2 Å². The molecule has 0 unspecified atom stereocenters. The van der Waals surface area contributed by atoms with Crippen LogP contribution in [0.5, 0.6) is 0 Å². The molecule has 32 heavy (non-hydrogen) atoms.